The molecule has 116 valence electrons. The van der Waals surface area contributed by atoms with Gasteiger partial charge in [-0.05, 0) is 33.1 Å². The number of hydrogen-bond acceptors (Lipinski definition) is 4. The van der Waals surface area contributed by atoms with Crippen molar-refractivity contribution >= 4 is 5.91 Å². The van der Waals surface area contributed by atoms with Crippen LogP contribution in [0.15, 0.2) is 0 Å². The second kappa shape index (κ2) is 7.38. The average molecular weight is 284 g/mol. The number of carbonyl (C=O) groups is 1. The molecular formula is C15H28N2O3. The molecule has 2 rings (SSSR count). The van der Waals surface area contributed by atoms with Crippen LogP contribution in [0.3, 0.4) is 0 Å². The standard InChI is InChI=1S/C15H28N2O3/c1-12-10-16(15(18)14-6-4-9-20-14)11-13(2)17(12)7-5-8-19-3/h12-14H,4-11H2,1-3H3. The molecule has 0 bridgehead atoms. The normalized spacial score (nSPS) is 31.8. The van der Waals surface area contributed by atoms with Gasteiger partial charge in [0.05, 0.1) is 0 Å². The lowest BCUT2D eigenvalue weighted by atomic mass is 10.1. The van der Waals surface area contributed by atoms with Crippen LogP contribution in [0.4, 0.5) is 0 Å². The lowest BCUT2D eigenvalue weighted by Gasteiger charge is -2.45. The fourth-order valence-corrected chi connectivity index (χ4v) is 3.34. The monoisotopic (exact) mass is 284 g/mol. The van der Waals surface area contributed by atoms with Gasteiger partial charge in [-0.1, -0.05) is 0 Å². The molecule has 0 saturated carbocycles. The topological polar surface area (TPSA) is 42.0 Å². The van der Waals surface area contributed by atoms with Gasteiger partial charge in [0.25, 0.3) is 5.91 Å². The first-order chi connectivity index (χ1) is 9.63. The van der Waals surface area contributed by atoms with E-state index in [0.717, 1.165) is 52.1 Å². The minimum atomic E-state index is -0.186. The van der Waals surface area contributed by atoms with Gasteiger partial charge in [-0.15, -0.1) is 0 Å². The van der Waals surface area contributed by atoms with Crippen LogP contribution in [0.25, 0.3) is 0 Å². The predicted octanol–water partition coefficient (Wildman–Crippen LogP) is 1.12. The van der Waals surface area contributed by atoms with Crippen LogP contribution in [0, 0.1) is 0 Å². The van der Waals surface area contributed by atoms with E-state index in [1.165, 1.54) is 0 Å². The summed E-state index contributed by atoms with van der Waals surface area (Å²) in [6.07, 6.45) is 2.76. The van der Waals surface area contributed by atoms with E-state index in [9.17, 15) is 4.79 Å². The van der Waals surface area contributed by atoms with E-state index in [0.29, 0.717) is 12.1 Å². The summed E-state index contributed by atoms with van der Waals surface area (Å²) in [4.78, 5) is 16.9. The van der Waals surface area contributed by atoms with Gasteiger partial charge in [0.2, 0.25) is 0 Å². The maximum absolute atomic E-state index is 12.4. The Kier molecular flexibility index (Phi) is 5.81. The minimum Gasteiger partial charge on any atom is -0.385 e. The highest BCUT2D eigenvalue weighted by Crippen LogP contribution is 2.20. The number of rotatable bonds is 5. The molecule has 2 aliphatic rings. The molecule has 0 aromatic heterocycles. The fourth-order valence-electron chi connectivity index (χ4n) is 3.34. The quantitative estimate of drug-likeness (QED) is 0.710. The summed E-state index contributed by atoms with van der Waals surface area (Å²) in [5.41, 5.74) is 0. The molecule has 2 saturated heterocycles. The Morgan fingerprint density at radius 2 is 2.00 bits per heavy atom. The van der Waals surface area contributed by atoms with E-state index in [4.69, 9.17) is 9.47 Å². The molecule has 20 heavy (non-hydrogen) atoms. The smallest absolute Gasteiger partial charge is 0.251 e. The van der Waals surface area contributed by atoms with E-state index in [-0.39, 0.29) is 12.0 Å². The average Bonchev–Trinajstić information content (AvgIpc) is 2.95. The Morgan fingerprint density at radius 1 is 1.30 bits per heavy atom. The van der Waals surface area contributed by atoms with Crippen molar-refractivity contribution in [1.82, 2.24) is 9.80 Å². The molecule has 5 nitrogen and oxygen atoms in total. The first-order valence-corrected chi connectivity index (χ1v) is 7.78. The summed E-state index contributed by atoms with van der Waals surface area (Å²) in [5.74, 6) is 0.192. The highest BCUT2D eigenvalue weighted by atomic mass is 16.5. The molecule has 3 atom stereocenters. The molecule has 0 spiro atoms. The maximum atomic E-state index is 12.4. The minimum absolute atomic E-state index is 0.186. The van der Waals surface area contributed by atoms with Crippen molar-refractivity contribution in [2.45, 2.75) is 51.3 Å². The highest BCUT2D eigenvalue weighted by molar-refractivity contribution is 5.81. The van der Waals surface area contributed by atoms with Crippen molar-refractivity contribution in [2.24, 2.45) is 0 Å². The molecule has 5 heteroatoms. The molecule has 2 aliphatic heterocycles. The predicted molar refractivity (Wildman–Crippen MR) is 77.7 cm³/mol. The van der Waals surface area contributed by atoms with Crippen LogP contribution in [0.1, 0.15) is 33.1 Å². The number of ether oxygens (including phenoxy) is 2. The van der Waals surface area contributed by atoms with Gasteiger partial charge >= 0.3 is 0 Å². The van der Waals surface area contributed by atoms with E-state index >= 15 is 0 Å². The summed E-state index contributed by atoms with van der Waals surface area (Å²) < 4.78 is 10.6. The van der Waals surface area contributed by atoms with Crippen LogP contribution in [-0.4, -0.2) is 73.9 Å². The number of methoxy groups -OCH3 is 1. The molecule has 0 radical (unpaired) electrons. The third kappa shape index (κ3) is 3.71. The molecule has 0 aromatic rings. The lowest BCUT2D eigenvalue weighted by molar-refractivity contribution is -0.145. The van der Waals surface area contributed by atoms with Crippen molar-refractivity contribution in [1.29, 1.82) is 0 Å². The number of hydrogen-bond donors (Lipinski definition) is 0. The summed E-state index contributed by atoms with van der Waals surface area (Å²) in [7, 11) is 1.74. The van der Waals surface area contributed by atoms with E-state index in [2.05, 4.69) is 18.7 Å². The summed E-state index contributed by atoms with van der Waals surface area (Å²) in [6, 6.07) is 0.807. The van der Waals surface area contributed by atoms with Crippen LogP contribution in [0.5, 0.6) is 0 Å². The Hall–Kier alpha value is -0.650. The van der Waals surface area contributed by atoms with Crippen LogP contribution < -0.4 is 0 Å². The Bertz CT molecular complexity index is 306. The van der Waals surface area contributed by atoms with Crippen molar-refractivity contribution < 1.29 is 14.3 Å². The Balaban J connectivity index is 1.86. The second-order valence-electron chi connectivity index (χ2n) is 6.03. The number of piperazine rings is 1. The summed E-state index contributed by atoms with van der Waals surface area (Å²) in [6.45, 7) is 8.62. The van der Waals surface area contributed by atoms with Gasteiger partial charge in [-0.25, -0.2) is 0 Å². The Morgan fingerprint density at radius 3 is 2.55 bits per heavy atom. The van der Waals surface area contributed by atoms with E-state index in [1.807, 2.05) is 4.90 Å². The highest BCUT2D eigenvalue weighted by Gasteiger charge is 2.35. The molecule has 3 unspecified atom stereocenters. The zero-order chi connectivity index (χ0) is 14.5. The van der Waals surface area contributed by atoms with E-state index < -0.39 is 0 Å². The first kappa shape index (κ1) is 15.7. The second-order valence-corrected chi connectivity index (χ2v) is 6.03. The number of amides is 1. The Labute approximate surface area is 122 Å². The third-order valence-electron chi connectivity index (χ3n) is 4.38. The molecule has 0 aromatic carbocycles. The van der Waals surface area contributed by atoms with E-state index in [1.54, 1.807) is 7.11 Å². The van der Waals surface area contributed by atoms with Gasteiger partial charge < -0.3 is 14.4 Å². The molecule has 0 aliphatic carbocycles. The van der Waals surface area contributed by atoms with Crippen LogP contribution in [-0.2, 0) is 14.3 Å². The molecule has 2 heterocycles. The SMILES string of the molecule is COCCCN1C(C)CN(C(=O)C2CCCO2)CC1C. The van der Waals surface area contributed by atoms with Crippen molar-refractivity contribution in [3.05, 3.63) is 0 Å². The van der Waals surface area contributed by atoms with Gasteiger partial charge in [0, 0.05) is 52.0 Å². The van der Waals surface area contributed by atoms with Gasteiger partial charge in [-0.3, -0.25) is 9.69 Å². The molecular weight excluding hydrogens is 256 g/mol. The van der Waals surface area contributed by atoms with Gasteiger partial charge in [0.1, 0.15) is 6.10 Å². The zero-order valence-electron chi connectivity index (χ0n) is 13.0. The zero-order valence-corrected chi connectivity index (χ0v) is 13.0. The summed E-state index contributed by atoms with van der Waals surface area (Å²) >= 11 is 0. The van der Waals surface area contributed by atoms with Gasteiger partial charge in [-0.2, -0.15) is 0 Å². The molecule has 0 N–H and O–H groups in total. The van der Waals surface area contributed by atoms with Gasteiger partial charge in [0.15, 0.2) is 0 Å². The van der Waals surface area contributed by atoms with Crippen molar-refractivity contribution in [2.75, 3.05) is 40.0 Å². The number of nitrogens with zero attached hydrogens (tertiary/aromatic N) is 2. The summed E-state index contributed by atoms with van der Waals surface area (Å²) in [5, 5.41) is 0. The maximum Gasteiger partial charge on any atom is 0.251 e. The fraction of sp³-hybridized carbons (Fsp3) is 0.933. The van der Waals surface area contributed by atoms with Crippen molar-refractivity contribution in [3.63, 3.8) is 0 Å². The number of carbonyl (C=O) groups excluding carboxylic acids is 1. The largest absolute Gasteiger partial charge is 0.385 e. The first-order valence-electron chi connectivity index (χ1n) is 7.78. The lowest BCUT2D eigenvalue weighted by Crippen LogP contribution is -2.59. The van der Waals surface area contributed by atoms with Crippen LogP contribution >= 0.6 is 0 Å². The molecule has 1 amide bonds. The van der Waals surface area contributed by atoms with Crippen molar-refractivity contribution in [3.8, 4) is 0 Å². The third-order valence-corrected chi connectivity index (χ3v) is 4.38. The van der Waals surface area contributed by atoms with Crippen LogP contribution in [0.2, 0.25) is 0 Å². The molecule has 2 fully saturated rings.